The molecule has 0 aromatic rings. The molecule has 0 amide bonds. The maximum absolute atomic E-state index is 12.0. The molecule has 2 atom stereocenters. The zero-order valence-corrected chi connectivity index (χ0v) is 14.4. The van der Waals surface area contributed by atoms with Gasteiger partial charge in [-0.2, -0.15) is 8.62 Å². The summed E-state index contributed by atoms with van der Waals surface area (Å²) >= 11 is 0. The van der Waals surface area contributed by atoms with Crippen molar-refractivity contribution in [1.29, 1.82) is 0 Å². The van der Waals surface area contributed by atoms with Crippen LogP contribution >= 0.6 is 23.9 Å². The van der Waals surface area contributed by atoms with Gasteiger partial charge in [0.2, 0.25) is 0 Å². The van der Waals surface area contributed by atoms with Gasteiger partial charge >= 0.3 is 23.9 Å². The number of hydrogen-bond acceptors (Lipinski definition) is 9. The summed E-state index contributed by atoms with van der Waals surface area (Å²) in [6.45, 7) is 12.5. The Morgan fingerprint density at radius 3 is 1.45 bits per heavy atom. The van der Waals surface area contributed by atoms with E-state index in [1.165, 1.54) is 12.2 Å². The van der Waals surface area contributed by atoms with Gasteiger partial charge in [0.15, 0.2) is 0 Å². The minimum Gasteiger partial charge on any atom is -0.412 e. The van der Waals surface area contributed by atoms with Gasteiger partial charge in [-0.05, 0) is 0 Å². The summed E-state index contributed by atoms with van der Waals surface area (Å²) in [4.78, 5) is 0. The second-order valence-corrected chi connectivity index (χ2v) is 7.73. The molecule has 0 aromatic heterocycles. The average Bonchev–Trinajstić information content (AvgIpc) is 2.43. The molecule has 2 unspecified atom stereocenters. The molecule has 0 heterocycles. The van der Waals surface area contributed by atoms with Crippen molar-refractivity contribution in [2.24, 2.45) is 0 Å². The van der Waals surface area contributed by atoms with Gasteiger partial charge in [0.05, 0.1) is 25.7 Å². The summed E-state index contributed by atoms with van der Waals surface area (Å²) in [7, 11) is -12.2. The van der Waals surface area contributed by atoms with E-state index < -0.39 is 23.9 Å². The van der Waals surface area contributed by atoms with Crippen molar-refractivity contribution >= 4 is 23.9 Å². The Labute approximate surface area is 129 Å². The third-order valence-corrected chi connectivity index (χ3v) is 6.21. The topological polar surface area (TPSA) is 107 Å². The van der Waals surface area contributed by atoms with Crippen LogP contribution in [-0.4, -0.2) is 13.2 Å². The van der Waals surface area contributed by atoms with Crippen molar-refractivity contribution in [3.05, 3.63) is 51.0 Å². The lowest BCUT2D eigenvalue weighted by atomic mass is 10.7. The van der Waals surface area contributed by atoms with Crippen LogP contribution in [0.15, 0.2) is 51.0 Å². The van der Waals surface area contributed by atoms with Crippen molar-refractivity contribution in [3.63, 3.8) is 0 Å². The van der Waals surface area contributed by atoms with E-state index in [-0.39, 0.29) is 13.2 Å². The fourth-order valence-electron chi connectivity index (χ4n) is 0.826. The van der Waals surface area contributed by atoms with Gasteiger partial charge < -0.3 is 9.05 Å². The van der Waals surface area contributed by atoms with Gasteiger partial charge in [0, 0.05) is 0 Å². The van der Waals surface area contributed by atoms with Crippen molar-refractivity contribution in [3.8, 4) is 0 Å². The zero-order chi connectivity index (χ0) is 17.1. The molecule has 22 heavy (non-hydrogen) atoms. The Morgan fingerprint density at radius 2 is 1.18 bits per heavy atom. The van der Waals surface area contributed by atoms with Crippen molar-refractivity contribution in [2.45, 2.75) is 0 Å². The third kappa shape index (κ3) is 8.51. The Hall–Kier alpha value is -0.910. The highest BCUT2D eigenvalue weighted by molar-refractivity contribution is 7.62. The van der Waals surface area contributed by atoms with Gasteiger partial charge in [0.1, 0.15) is 0 Å². The lowest BCUT2D eigenvalue weighted by molar-refractivity contribution is 0.190. The van der Waals surface area contributed by atoms with E-state index in [0.29, 0.717) is 0 Å². The number of hydrogen-bond donors (Lipinski definition) is 0. The SMILES string of the molecule is C=CCOP(=O)(OC=C)O[PH](=O)OP(=O)(OC=C)OCC=C. The van der Waals surface area contributed by atoms with Crippen LogP contribution in [0.5, 0.6) is 0 Å². The Kier molecular flexibility index (Phi) is 10.3. The smallest absolute Gasteiger partial charge is 0.412 e. The van der Waals surface area contributed by atoms with Crippen LogP contribution in [0, 0.1) is 0 Å². The van der Waals surface area contributed by atoms with Crippen LogP contribution in [0.2, 0.25) is 0 Å². The molecule has 0 aliphatic heterocycles. The van der Waals surface area contributed by atoms with Crippen LogP contribution < -0.4 is 0 Å². The maximum Gasteiger partial charge on any atom is 0.536 e. The van der Waals surface area contributed by atoms with E-state index in [1.54, 1.807) is 0 Å². The summed E-state index contributed by atoms with van der Waals surface area (Å²) in [6, 6.07) is 0. The first-order valence-electron chi connectivity index (χ1n) is 5.57. The molecule has 0 fully saturated rings. The quantitative estimate of drug-likeness (QED) is 0.249. The lowest BCUT2D eigenvalue weighted by Gasteiger charge is -2.18. The normalized spacial score (nSPS) is 17.3. The van der Waals surface area contributed by atoms with Crippen molar-refractivity contribution in [2.75, 3.05) is 13.2 Å². The molecule has 0 N–H and O–H groups in total. The summed E-state index contributed by atoms with van der Waals surface area (Å²) in [5, 5.41) is 0. The highest BCUT2D eigenvalue weighted by Crippen LogP contribution is 2.64. The Balaban J connectivity index is 4.90. The molecule has 9 nitrogen and oxygen atoms in total. The van der Waals surface area contributed by atoms with Crippen LogP contribution in [0.25, 0.3) is 0 Å². The average molecular weight is 374 g/mol. The fraction of sp³-hybridized carbons (Fsp3) is 0.200. The van der Waals surface area contributed by atoms with E-state index in [9.17, 15) is 13.7 Å². The fourth-order valence-corrected chi connectivity index (χ4v) is 4.55. The largest absolute Gasteiger partial charge is 0.536 e. The minimum atomic E-state index is -4.28. The Morgan fingerprint density at radius 1 is 0.818 bits per heavy atom. The molecule has 0 saturated carbocycles. The Bertz CT molecular complexity index is 472. The first-order valence-corrected chi connectivity index (χ1v) is 9.72. The molecule has 0 spiro atoms. The van der Waals surface area contributed by atoms with Gasteiger partial charge in [-0.15, -0.1) is 13.2 Å². The van der Waals surface area contributed by atoms with Crippen molar-refractivity contribution < 1.29 is 40.4 Å². The van der Waals surface area contributed by atoms with Crippen LogP contribution in [-0.2, 0) is 40.4 Å². The summed E-state index contributed by atoms with van der Waals surface area (Å²) in [6.07, 6.45) is 4.01. The molecular formula is C10H17O9P3. The summed E-state index contributed by atoms with van der Waals surface area (Å²) in [5.41, 5.74) is 0. The van der Waals surface area contributed by atoms with Crippen LogP contribution in [0.1, 0.15) is 0 Å². The number of phosphoric acid groups is 2. The molecular weight excluding hydrogens is 357 g/mol. The van der Waals surface area contributed by atoms with E-state index in [0.717, 1.165) is 12.5 Å². The highest BCUT2D eigenvalue weighted by atomic mass is 31.3. The summed E-state index contributed by atoms with van der Waals surface area (Å²) in [5.74, 6) is 0. The van der Waals surface area contributed by atoms with Crippen LogP contribution in [0.4, 0.5) is 0 Å². The van der Waals surface area contributed by atoms with Crippen molar-refractivity contribution in [1.82, 2.24) is 0 Å². The van der Waals surface area contributed by atoms with E-state index in [1.807, 2.05) is 0 Å². The van der Waals surface area contributed by atoms with Gasteiger partial charge in [-0.25, -0.2) is 9.13 Å². The van der Waals surface area contributed by atoms with E-state index in [4.69, 9.17) is 9.05 Å². The van der Waals surface area contributed by atoms with E-state index in [2.05, 4.69) is 44.0 Å². The number of phosphoric ester groups is 2. The predicted octanol–water partition coefficient (Wildman–Crippen LogP) is 4.35. The van der Waals surface area contributed by atoms with E-state index >= 15 is 0 Å². The van der Waals surface area contributed by atoms with Gasteiger partial charge in [-0.1, -0.05) is 25.3 Å². The third-order valence-electron chi connectivity index (χ3n) is 1.48. The second-order valence-electron chi connectivity index (χ2n) is 3.04. The molecule has 0 aliphatic carbocycles. The second kappa shape index (κ2) is 10.8. The maximum atomic E-state index is 12.0. The summed E-state index contributed by atoms with van der Waals surface area (Å²) < 4.78 is 63.2. The van der Waals surface area contributed by atoms with Crippen LogP contribution in [0.3, 0.4) is 0 Å². The molecule has 126 valence electrons. The molecule has 0 aromatic carbocycles. The standard InChI is InChI=1S/C10H17O9P3/c1-5-9-16-21(12,14-7-3)18-20(11)19-22(13,15-8-4)17-10-6-2/h5-8,20H,1-4,9-10H2. The molecule has 0 saturated heterocycles. The first kappa shape index (κ1) is 21.1. The lowest BCUT2D eigenvalue weighted by Crippen LogP contribution is -1.96. The highest BCUT2D eigenvalue weighted by Gasteiger charge is 2.36. The molecule has 0 rings (SSSR count). The first-order chi connectivity index (χ1) is 10.3. The zero-order valence-electron chi connectivity index (χ0n) is 11.6. The monoisotopic (exact) mass is 374 g/mol. The minimum absolute atomic E-state index is 0.228. The molecule has 12 heteroatoms. The predicted molar refractivity (Wildman–Crippen MR) is 81.2 cm³/mol. The number of rotatable bonds is 14. The molecule has 0 bridgehead atoms. The van der Waals surface area contributed by atoms with Gasteiger partial charge in [0.25, 0.3) is 0 Å². The molecule has 0 aliphatic rings. The molecule has 0 radical (unpaired) electrons. The van der Waals surface area contributed by atoms with Gasteiger partial charge in [-0.3, -0.25) is 13.6 Å².